The summed E-state index contributed by atoms with van der Waals surface area (Å²) in [7, 11) is 0. The summed E-state index contributed by atoms with van der Waals surface area (Å²) in [5, 5.41) is 3.05. The summed E-state index contributed by atoms with van der Waals surface area (Å²) in [6.07, 6.45) is 4.61. The zero-order valence-electron chi connectivity index (χ0n) is 13.0. The molecule has 1 unspecified atom stereocenters. The molecule has 1 aliphatic rings. The van der Waals surface area contributed by atoms with Crippen LogP contribution in [-0.2, 0) is 11.3 Å². The molecule has 0 saturated carbocycles. The van der Waals surface area contributed by atoms with E-state index in [0.717, 1.165) is 24.6 Å². The highest BCUT2D eigenvalue weighted by Crippen LogP contribution is 2.21. The van der Waals surface area contributed by atoms with Crippen LogP contribution in [0.2, 0.25) is 0 Å². The normalized spacial score (nSPS) is 18.4. The van der Waals surface area contributed by atoms with Crippen LogP contribution in [0.3, 0.4) is 0 Å². The van der Waals surface area contributed by atoms with Crippen molar-refractivity contribution in [2.45, 2.75) is 32.4 Å². The van der Waals surface area contributed by atoms with E-state index in [9.17, 15) is 4.79 Å². The highest BCUT2D eigenvalue weighted by molar-refractivity contribution is 7.98. The maximum absolute atomic E-state index is 12.3. The van der Waals surface area contributed by atoms with E-state index < -0.39 is 0 Å². The van der Waals surface area contributed by atoms with Gasteiger partial charge in [-0.1, -0.05) is 30.3 Å². The van der Waals surface area contributed by atoms with E-state index in [1.165, 1.54) is 18.6 Å². The van der Waals surface area contributed by atoms with Gasteiger partial charge in [-0.05, 0) is 56.3 Å². The Labute approximate surface area is 132 Å². The molecule has 1 fully saturated rings. The Hall–Kier alpha value is -1.00. The van der Waals surface area contributed by atoms with Crippen molar-refractivity contribution in [3.63, 3.8) is 0 Å². The minimum atomic E-state index is -0.0241. The molecule has 1 aromatic rings. The fourth-order valence-electron chi connectivity index (χ4n) is 2.84. The van der Waals surface area contributed by atoms with Crippen LogP contribution in [0.5, 0.6) is 0 Å². The predicted molar refractivity (Wildman–Crippen MR) is 90.4 cm³/mol. The molecule has 1 saturated heterocycles. The van der Waals surface area contributed by atoms with Crippen LogP contribution < -0.4 is 5.32 Å². The Morgan fingerprint density at radius 1 is 1.33 bits per heavy atom. The molecule has 4 heteroatoms. The molecule has 0 radical (unpaired) electrons. The number of carbonyl (C=O) groups excluding carboxylic acids is 1. The zero-order valence-corrected chi connectivity index (χ0v) is 13.9. The van der Waals surface area contributed by atoms with Crippen molar-refractivity contribution < 1.29 is 4.79 Å². The molecule has 1 amide bonds. The summed E-state index contributed by atoms with van der Waals surface area (Å²) >= 11 is 1.93. The summed E-state index contributed by atoms with van der Waals surface area (Å²) < 4.78 is 0. The second kappa shape index (κ2) is 8.44. The lowest BCUT2D eigenvalue weighted by Crippen LogP contribution is -2.48. The highest BCUT2D eigenvalue weighted by Gasteiger charge is 2.26. The fourth-order valence-corrected chi connectivity index (χ4v) is 3.65. The summed E-state index contributed by atoms with van der Waals surface area (Å²) in [5.41, 5.74) is 1.15. The molecule has 116 valence electrons. The smallest absolute Gasteiger partial charge is 0.237 e. The van der Waals surface area contributed by atoms with Crippen molar-refractivity contribution in [3.05, 3.63) is 35.9 Å². The third kappa shape index (κ3) is 5.04. The van der Waals surface area contributed by atoms with Gasteiger partial charge in [-0.25, -0.2) is 0 Å². The Bertz CT molecular complexity index is 430. The average Bonchev–Trinajstić information content (AvgIpc) is 2.54. The maximum Gasteiger partial charge on any atom is 0.237 e. The lowest BCUT2D eigenvalue weighted by atomic mass is 9.98. The van der Waals surface area contributed by atoms with Gasteiger partial charge in [-0.15, -0.1) is 0 Å². The summed E-state index contributed by atoms with van der Waals surface area (Å²) in [6, 6.07) is 10.1. The van der Waals surface area contributed by atoms with Gasteiger partial charge in [0, 0.05) is 6.54 Å². The minimum Gasteiger partial charge on any atom is -0.351 e. The molecular weight excluding hydrogens is 280 g/mol. The zero-order chi connectivity index (χ0) is 15.1. The summed E-state index contributed by atoms with van der Waals surface area (Å²) in [6.45, 7) is 4.73. The van der Waals surface area contributed by atoms with Crippen molar-refractivity contribution in [2.75, 3.05) is 25.1 Å². The van der Waals surface area contributed by atoms with Gasteiger partial charge in [-0.3, -0.25) is 9.69 Å². The Morgan fingerprint density at radius 3 is 2.62 bits per heavy atom. The first kappa shape index (κ1) is 16.4. The van der Waals surface area contributed by atoms with Gasteiger partial charge < -0.3 is 5.32 Å². The number of benzene rings is 1. The van der Waals surface area contributed by atoms with Crippen molar-refractivity contribution in [2.24, 2.45) is 5.92 Å². The lowest BCUT2D eigenvalue weighted by molar-refractivity contribution is -0.126. The number of thioether (sulfide) groups is 1. The van der Waals surface area contributed by atoms with Gasteiger partial charge in [0.15, 0.2) is 0 Å². The van der Waals surface area contributed by atoms with Gasteiger partial charge in [0.2, 0.25) is 5.91 Å². The number of carbonyl (C=O) groups is 1. The van der Waals surface area contributed by atoms with Crippen LogP contribution in [0, 0.1) is 5.92 Å². The minimum absolute atomic E-state index is 0.0241. The third-order valence-electron chi connectivity index (χ3n) is 4.29. The van der Waals surface area contributed by atoms with Gasteiger partial charge in [0.25, 0.3) is 0 Å². The molecule has 0 aliphatic carbocycles. The number of piperidine rings is 1. The quantitative estimate of drug-likeness (QED) is 0.877. The van der Waals surface area contributed by atoms with E-state index >= 15 is 0 Å². The fraction of sp³-hybridized carbons (Fsp3) is 0.588. The second-order valence-corrected chi connectivity index (χ2v) is 6.72. The SMILES string of the molecule is CSCC1CCN(C(C)C(=O)NCc2ccccc2)CC1. The van der Waals surface area contributed by atoms with Crippen LogP contribution in [0.4, 0.5) is 0 Å². The van der Waals surface area contributed by atoms with E-state index in [1.54, 1.807) is 0 Å². The molecule has 1 aliphatic heterocycles. The molecular formula is C17H26N2OS. The van der Waals surface area contributed by atoms with Gasteiger partial charge in [-0.2, -0.15) is 11.8 Å². The molecule has 1 aromatic carbocycles. The maximum atomic E-state index is 12.3. The molecule has 1 atom stereocenters. The van der Waals surface area contributed by atoms with E-state index in [0.29, 0.717) is 6.54 Å². The molecule has 0 bridgehead atoms. The Morgan fingerprint density at radius 2 is 2.00 bits per heavy atom. The van der Waals surface area contributed by atoms with Crippen LogP contribution in [0.25, 0.3) is 0 Å². The number of nitrogens with one attached hydrogen (secondary N) is 1. The van der Waals surface area contributed by atoms with Crippen LogP contribution in [0.15, 0.2) is 30.3 Å². The van der Waals surface area contributed by atoms with Gasteiger partial charge in [0.1, 0.15) is 0 Å². The monoisotopic (exact) mass is 306 g/mol. The first-order valence-corrected chi connectivity index (χ1v) is 9.14. The first-order chi connectivity index (χ1) is 10.2. The van der Waals surface area contributed by atoms with Crippen LogP contribution >= 0.6 is 11.8 Å². The molecule has 2 rings (SSSR count). The Balaban J connectivity index is 1.75. The van der Waals surface area contributed by atoms with E-state index in [1.807, 2.05) is 49.0 Å². The number of nitrogens with zero attached hydrogens (tertiary/aromatic N) is 1. The number of likely N-dealkylation sites (tertiary alicyclic amines) is 1. The molecule has 1 N–H and O–H groups in total. The largest absolute Gasteiger partial charge is 0.351 e. The average molecular weight is 306 g/mol. The number of hydrogen-bond acceptors (Lipinski definition) is 3. The van der Waals surface area contributed by atoms with Crippen molar-refractivity contribution in [1.82, 2.24) is 10.2 Å². The lowest BCUT2D eigenvalue weighted by Gasteiger charge is -2.35. The van der Waals surface area contributed by atoms with E-state index in [-0.39, 0.29) is 11.9 Å². The summed E-state index contributed by atoms with van der Waals surface area (Å²) in [4.78, 5) is 14.6. The number of amides is 1. The van der Waals surface area contributed by atoms with Crippen molar-refractivity contribution in [3.8, 4) is 0 Å². The third-order valence-corrected chi connectivity index (χ3v) is 5.09. The molecule has 0 spiro atoms. The van der Waals surface area contributed by atoms with Crippen LogP contribution in [-0.4, -0.2) is 41.9 Å². The molecule has 21 heavy (non-hydrogen) atoms. The highest BCUT2D eigenvalue weighted by atomic mass is 32.2. The Kier molecular flexibility index (Phi) is 6.58. The molecule has 3 nitrogen and oxygen atoms in total. The molecule has 1 heterocycles. The number of rotatable bonds is 6. The van der Waals surface area contributed by atoms with Gasteiger partial charge >= 0.3 is 0 Å². The van der Waals surface area contributed by atoms with Gasteiger partial charge in [0.05, 0.1) is 6.04 Å². The van der Waals surface area contributed by atoms with Crippen molar-refractivity contribution in [1.29, 1.82) is 0 Å². The molecule has 0 aromatic heterocycles. The summed E-state index contributed by atoms with van der Waals surface area (Å²) in [5.74, 6) is 2.22. The van der Waals surface area contributed by atoms with Crippen LogP contribution in [0.1, 0.15) is 25.3 Å². The number of hydrogen-bond donors (Lipinski definition) is 1. The van der Waals surface area contributed by atoms with Crippen molar-refractivity contribution >= 4 is 17.7 Å². The first-order valence-electron chi connectivity index (χ1n) is 7.75. The standard InChI is InChI=1S/C17H26N2OS/c1-14(19-10-8-16(9-11-19)13-21-2)17(20)18-12-15-6-4-3-5-7-15/h3-7,14,16H,8-13H2,1-2H3,(H,18,20). The topological polar surface area (TPSA) is 32.3 Å². The van der Waals surface area contributed by atoms with E-state index in [2.05, 4.69) is 16.5 Å². The second-order valence-electron chi connectivity index (χ2n) is 5.81. The van der Waals surface area contributed by atoms with E-state index in [4.69, 9.17) is 0 Å². The predicted octanol–water partition coefficient (Wildman–Crippen LogP) is 2.77.